The molecule has 1 aromatic rings. The molecule has 2 rings (SSSR count). The second kappa shape index (κ2) is 3.36. The summed E-state index contributed by atoms with van der Waals surface area (Å²) in [5.74, 6) is 1.41. The van der Waals surface area contributed by atoms with Crippen LogP contribution in [0, 0.1) is 6.92 Å². The van der Waals surface area contributed by atoms with Crippen molar-refractivity contribution in [2.24, 2.45) is 0 Å². The summed E-state index contributed by atoms with van der Waals surface area (Å²) in [6, 6.07) is 4.20. The highest BCUT2D eigenvalue weighted by atomic mass is 14.8. The molecule has 1 aromatic heterocycles. The quantitative estimate of drug-likeness (QED) is 0.714. The van der Waals surface area contributed by atoms with Crippen LogP contribution in [0.1, 0.15) is 42.9 Å². The Labute approximate surface area is 79.2 Å². The van der Waals surface area contributed by atoms with Gasteiger partial charge in [0.25, 0.3) is 0 Å². The lowest BCUT2D eigenvalue weighted by Crippen LogP contribution is -1.98. The van der Waals surface area contributed by atoms with Crippen LogP contribution < -0.4 is 5.73 Å². The molecule has 2 heteroatoms. The largest absolute Gasteiger partial charge is 0.384 e. The van der Waals surface area contributed by atoms with Crippen molar-refractivity contribution in [1.82, 2.24) is 4.98 Å². The first-order valence-electron chi connectivity index (χ1n) is 5.00. The predicted molar refractivity (Wildman–Crippen MR) is 54.6 cm³/mol. The van der Waals surface area contributed by atoms with E-state index in [-0.39, 0.29) is 0 Å². The van der Waals surface area contributed by atoms with Gasteiger partial charge in [-0.15, -0.1) is 0 Å². The number of anilines is 1. The van der Waals surface area contributed by atoms with Gasteiger partial charge in [-0.3, -0.25) is 0 Å². The van der Waals surface area contributed by atoms with Crippen molar-refractivity contribution in [3.05, 3.63) is 23.4 Å². The van der Waals surface area contributed by atoms with Crippen LogP contribution in [0.2, 0.25) is 0 Å². The van der Waals surface area contributed by atoms with Crippen LogP contribution in [0.15, 0.2) is 12.1 Å². The molecule has 70 valence electrons. The summed E-state index contributed by atoms with van der Waals surface area (Å²) in [4.78, 5) is 4.18. The molecule has 0 amide bonds. The maximum absolute atomic E-state index is 5.72. The first kappa shape index (κ1) is 8.54. The number of hydrogen-bond donors (Lipinski definition) is 1. The third kappa shape index (κ3) is 1.82. The molecule has 1 aliphatic carbocycles. The molecule has 2 nitrogen and oxygen atoms in total. The van der Waals surface area contributed by atoms with E-state index in [2.05, 4.69) is 11.1 Å². The number of hydrogen-bond acceptors (Lipinski definition) is 2. The summed E-state index contributed by atoms with van der Waals surface area (Å²) in [5.41, 5.74) is 8.15. The Bertz CT molecular complexity index is 281. The Balaban J connectivity index is 2.28. The van der Waals surface area contributed by atoms with Crippen molar-refractivity contribution in [3.8, 4) is 0 Å². The van der Waals surface area contributed by atoms with E-state index >= 15 is 0 Å². The van der Waals surface area contributed by atoms with E-state index < -0.39 is 0 Å². The van der Waals surface area contributed by atoms with E-state index in [0.29, 0.717) is 5.82 Å². The molecule has 1 fully saturated rings. The summed E-state index contributed by atoms with van der Waals surface area (Å²) in [6.07, 6.45) is 5.38. The van der Waals surface area contributed by atoms with Crippen molar-refractivity contribution in [1.29, 1.82) is 0 Å². The van der Waals surface area contributed by atoms with Gasteiger partial charge >= 0.3 is 0 Å². The molecule has 0 aromatic carbocycles. The van der Waals surface area contributed by atoms with E-state index in [1.807, 2.05) is 13.0 Å². The molecule has 0 bridgehead atoms. The topological polar surface area (TPSA) is 38.9 Å². The molecule has 1 saturated carbocycles. The molecule has 0 atom stereocenters. The first-order chi connectivity index (χ1) is 6.25. The van der Waals surface area contributed by atoms with Crippen LogP contribution in [0.4, 0.5) is 5.82 Å². The normalized spacial score (nSPS) is 17.9. The van der Waals surface area contributed by atoms with Crippen molar-refractivity contribution >= 4 is 5.82 Å². The highest BCUT2D eigenvalue weighted by molar-refractivity contribution is 5.36. The Morgan fingerprint density at radius 1 is 1.31 bits per heavy atom. The average Bonchev–Trinajstić information content (AvgIpc) is 2.53. The zero-order valence-electron chi connectivity index (χ0n) is 8.09. The van der Waals surface area contributed by atoms with Gasteiger partial charge < -0.3 is 5.73 Å². The van der Waals surface area contributed by atoms with E-state index in [1.54, 1.807) is 0 Å². The molecule has 1 heterocycles. The van der Waals surface area contributed by atoms with Crippen LogP contribution in [0.5, 0.6) is 0 Å². The van der Waals surface area contributed by atoms with Crippen LogP contribution in [-0.2, 0) is 0 Å². The first-order valence-corrected chi connectivity index (χ1v) is 5.00. The van der Waals surface area contributed by atoms with Gasteiger partial charge in [0.2, 0.25) is 0 Å². The van der Waals surface area contributed by atoms with Crippen LogP contribution in [-0.4, -0.2) is 4.98 Å². The standard InChI is InChI=1S/C11H16N2/c1-8-6-10(7-11(12)13-8)9-4-2-3-5-9/h6-7,9H,2-5H2,1H3,(H2,12,13). The SMILES string of the molecule is Cc1cc(C2CCCC2)cc(N)n1. The average molecular weight is 176 g/mol. The summed E-state index contributed by atoms with van der Waals surface area (Å²) in [7, 11) is 0. The van der Waals surface area contributed by atoms with E-state index in [4.69, 9.17) is 5.73 Å². The highest BCUT2D eigenvalue weighted by Gasteiger charge is 2.17. The van der Waals surface area contributed by atoms with E-state index in [9.17, 15) is 0 Å². The maximum Gasteiger partial charge on any atom is 0.123 e. The van der Waals surface area contributed by atoms with Crippen molar-refractivity contribution < 1.29 is 0 Å². The fourth-order valence-corrected chi connectivity index (χ4v) is 2.22. The third-order valence-corrected chi connectivity index (χ3v) is 2.82. The van der Waals surface area contributed by atoms with Gasteiger partial charge in [-0.2, -0.15) is 0 Å². The molecule has 0 spiro atoms. The summed E-state index contributed by atoms with van der Waals surface area (Å²) in [5, 5.41) is 0. The Kier molecular flexibility index (Phi) is 2.21. The van der Waals surface area contributed by atoms with E-state index in [1.165, 1.54) is 31.2 Å². The third-order valence-electron chi connectivity index (χ3n) is 2.82. The summed E-state index contributed by atoms with van der Waals surface area (Å²) >= 11 is 0. The van der Waals surface area contributed by atoms with E-state index in [0.717, 1.165) is 11.6 Å². The minimum Gasteiger partial charge on any atom is -0.384 e. The van der Waals surface area contributed by atoms with Crippen molar-refractivity contribution in [2.45, 2.75) is 38.5 Å². The number of nitrogens with zero attached hydrogens (tertiary/aromatic N) is 1. The number of aromatic nitrogens is 1. The van der Waals surface area contributed by atoms with Gasteiger partial charge in [0.15, 0.2) is 0 Å². The van der Waals surface area contributed by atoms with Crippen LogP contribution in [0.25, 0.3) is 0 Å². The number of nitrogen functional groups attached to an aromatic ring is 1. The maximum atomic E-state index is 5.72. The number of aryl methyl sites for hydroxylation is 1. The molecule has 0 saturated heterocycles. The minimum absolute atomic E-state index is 0.668. The second-order valence-corrected chi connectivity index (χ2v) is 3.95. The molecule has 2 N–H and O–H groups in total. The van der Waals surface area contributed by atoms with Gasteiger partial charge in [-0.05, 0) is 43.4 Å². The predicted octanol–water partition coefficient (Wildman–Crippen LogP) is 2.63. The Morgan fingerprint density at radius 2 is 2.00 bits per heavy atom. The lowest BCUT2D eigenvalue weighted by atomic mass is 9.98. The molecule has 0 radical (unpaired) electrons. The van der Waals surface area contributed by atoms with Crippen molar-refractivity contribution in [2.75, 3.05) is 5.73 Å². The highest BCUT2D eigenvalue weighted by Crippen LogP contribution is 2.34. The Hall–Kier alpha value is -1.05. The molecule has 0 unspecified atom stereocenters. The fourth-order valence-electron chi connectivity index (χ4n) is 2.22. The number of rotatable bonds is 1. The van der Waals surface area contributed by atoms with Gasteiger partial charge in [0.1, 0.15) is 5.82 Å². The molecule has 0 aliphatic heterocycles. The number of pyridine rings is 1. The fraction of sp³-hybridized carbons (Fsp3) is 0.545. The molecular formula is C11H16N2. The monoisotopic (exact) mass is 176 g/mol. The minimum atomic E-state index is 0.668. The smallest absolute Gasteiger partial charge is 0.123 e. The molecule has 1 aliphatic rings. The lowest BCUT2D eigenvalue weighted by molar-refractivity contribution is 0.721. The lowest BCUT2D eigenvalue weighted by Gasteiger charge is -2.10. The second-order valence-electron chi connectivity index (χ2n) is 3.95. The Morgan fingerprint density at radius 3 is 2.62 bits per heavy atom. The molecular weight excluding hydrogens is 160 g/mol. The zero-order chi connectivity index (χ0) is 9.26. The van der Waals surface area contributed by atoms with Crippen molar-refractivity contribution in [3.63, 3.8) is 0 Å². The van der Waals surface area contributed by atoms with Crippen LogP contribution in [0.3, 0.4) is 0 Å². The van der Waals surface area contributed by atoms with Gasteiger partial charge in [-0.25, -0.2) is 4.98 Å². The summed E-state index contributed by atoms with van der Waals surface area (Å²) in [6.45, 7) is 2.01. The molecule has 13 heavy (non-hydrogen) atoms. The number of nitrogens with two attached hydrogens (primary N) is 1. The van der Waals surface area contributed by atoms with Gasteiger partial charge in [0, 0.05) is 5.69 Å². The van der Waals surface area contributed by atoms with Gasteiger partial charge in [-0.1, -0.05) is 12.8 Å². The van der Waals surface area contributed by atoms with Crippen LogP contribution >= 0.6 is 0 Å². The zero-order valence-corrected chi connectivity index (χ0v) is 8.09. The summed E-state index contributed by atoms with van der Waals surface area (Å²) < 4.78 is 0. The van der Waals surface area contributed by atoms with Gasteiger partial charge in [0.05, 0.1) is 0 Å².